The Hall–Kier alpha value is -2.74. The SMILES string of the molecule is [c]1ccccc1Cc1ccc(N=Nc2ccccc2)cc1. The third-order valence-electron chi connectivity index (χ3n) is 3.14. The second-order valence-corrected chi connectivity index (χ2v) is 4.77. The molecule has 3 rings (SSSR count). The number of hydrogen-bond acceptors (Lipinski definition) is 2. The number of hydrogen-bond donors (Lipinski definition) is 0. The zero-order valence-corrected chi connectivity index (χ0v) is 11.6. The summed E-state index contributed by atoms with van der Waals surface area (Å²) < 4.78 is 0. The lowest BCUT2D eigenvalue weighted by molar-refractivity contribution is 1.17. The maximum atomic E-state index is 4.24. The molecule has 0 spiro atoms. The van der Waals surface area contributed by atoms with Crippen LogP contribution in [0.15, 0.2) is 89.1 Å². The van der Waals surface area contributed by atoms with Gasteiger partial charge in [0.1, 0.15) is 0 Å². The van der Waals surface area contributed by atoms with Crippen LogP contribution in [0.4, 0.5) is 11.4 Å². The van der Waals surface area contributed by atoms with Gasteiger partial charge in [-0.2, -0.15) is 10.2 Å². The van der Waals surface area contributed by atoms with Crippen LogP contribution < -0.4 is 0 Å². The highest BCUT2D eigenvalue weighted by Crippen LogP contribution is 2.19. The first-order chi connectivity index (χ1) is 10.4. The molecule has 101 valence electrons. The lowest BCUT2D eigenvalue weighted by Gasteiger charge is -2.01. The summed E-state index contributed by atoms with van der Waals surface area (Å²) in [6, 6.07) is 29.2. The number of rotatable bonds is 4. The highest BCUT2D eigenvalue weighted by molar-refractivity contribution is 5.41. The minimum atomic E-state index is 0.861. The van der Waals surface area contributed by atoms with Crippen LogP contribution in [0, 0.1) is 6.07 Å². The fraction of sp³-hybridized carbons (Fsp3) is 0.0526. The third-order valence-corrected chi connectivity index (χ3v) is 3.14. The van der Waals surface area contributed by atoms with Gasteiger partial charge in [0.05, 0.1) is 11.4 Å². The van der Waals surface area contributed by atoms with Crippen LogP contribution in [-0.4, -0.2) is 0 Å². The van der Waals surface area contributed by atoms with Crippen molar-refractivity contribution in [3.05, 3.63) is 96.1 Å². The Morgan fingerprint density at radius 3 is 2.00 bits per heavy atom. The average Bonchev–Trinajstić information content (AvgIpc) is 2.56. The second kappa shape index (κ2) is 6.62. The molecule has 0 unspecified atom stereocenters. The maximum Gasteiger partial charge on any atom is 0.0857 e. The Bertz CT molecular complexity index is 702. The summed E-state index contributed by atoms with van der Waals surface area (Å²) in [6.45, 7) is 0. The molecule has 0 aliphatic rings. The van der Waals surface area contributed by atoms with Gasteiger partial charge in [0.2, 0.25) is 0 Å². The zero-order valence-electron chi connectivity index (χ0n) is 11.6. The molecule has 0 aromatic heterocycles. The van der Waals surface area contributed by atoms with Crippen LogP contribution >= 0.6 is 0 Å². The maximum absolute atomic E-state index is 4.24. The van der Waals surface area contributed by atoms with Crippen molar-refractivity contribution < 1.29 is 0 Å². The van der Waals surface area contributed by atoms with Gasteiger partial charge in [-0.1, -0.05) is 54.6 Å². The van der Waals surface area contributed by atoms with Crippen LogP contribution in [0.3, 0.4) is 0 Å². The van der Waals surface area contributed by atoms with E-state index >= 15 is 0 Å². The summed E-state index contributed by atoms with van der Waals surface area (Å²) in [4.78, 5) is 0. The molecular formula is C19H15N2. The van der Waals surface area contributed by atoms with Crippen molar-refractivity contribution in [1.82, 2.24) is 0 Å². The van der Waals surface area contributed by atoms with E-state index in [2.05, 4.69) is 34.5 Å². The Balaban J connectivity index is 1.68. The molecule has 2 nitrogen and oxygen atoms in total. The zero-order chi connectivity index (χ0) is 14.3. The molecule has 3 aromatic rings. The fourth-order valence-electron chi connectivity index (χ4n) is 2.05. The van der Waals surface area contributed by atoms with E-state index in [-0.39, 0.29) is 0 Å². The molecule has 3 aromatic carbocycles. The first-order valence-corrected chi connectivity index (χ1v) is 6.91. The van der Waals surface area contributed by atoms with Gasteiger partial charge in [-0.05, 0) is 47.9 Å². The Morgan fingerprint density at radius 1 is 0.667 bits per heavy atom. The van der Waals surface area contributed by atoms with Crippen LogP contribution in [0.1, 0.15) is 11.1 Å². The van der Waals surface area contributed by atoms with Gasteiger partial charge >= 0.3 is 0 Å². The standard InChI is InChI=1S/C19H15N2/c1-3-7-16(8-4-1)15-17-11-13-19(14-12-17)21-20-18-9-5-2-6-10-18/h1-7,9-14H,15H2. The number of azo groups is 1. The first kappa shape index (κ1) is 13.3. The molecule has 0 fully saturated rings. The Morgan fingerprint density at radius 2 is 1.33 bits per heavy atom. The molecule has 0 aliphatic heterocycles. The van der Waals surface area contributed by atoms with E-state index in [1.54, 1.807) is 0 Å². The van der Waals surface area contributed by atoms with Crippen LogP contribution in [0.2, 0.25) is 0 Å². The molecule has 0 aliphatic carbocycles. The normalized spacial score (nSPS) is 10.9. The van der Waals surface area contributed by atoms with E-state index in [0.29, 0.717) is 0 Å². The predicted molar refractivity (Wildman–Crippen MR) is 85.1 cm³/mol. The second-order valence-electron chi connectivity index (χ2n) is 4.77. The monoisotopic (exact) mass is 271 g/mol. The quantitative estimate of drug-likeness (QED) is 0.560. The minimum Gasteiger partial charge on any atom is -0.151 e. The lowest BCUT2D eigenvalue weighted by atomic mass is 10.1. The van der Waals surface area contributed by atoms with Crippen molar-refractivity contribution in [1.29, 1.82) is 0 Å². The van der Waals surface area contributed by atoms with E-state index in [0.717, 1.165) is 17.8 Å². The summed E-state index contributed by atoms with van der Waals surface area (Å²) in [6.07, 6.45) is 0.886. The van der Waals surface area contributed by atoms with Gasteiger partial charge in [0.15, 0.2) is 0 Å². The summed E-state index contributed by atoms with van der Waals surface area (Å²) in [5.41, 5.74) is 4.16. The lowest BCUT2D eigenvalue weighted by Crippen LogP contribution is -1.86. The average molecular weight is 271 g/mol. The van der Waals surface area contributed by atoms with Gasteiger partial charge in [0, 0.05) is 0 Å². The summed E-state index contributed by atoms with van der Waals surface area (Å²) in [5, 5.41) is 8.45. The smallest absolute Gasteiger partial charge is 0.0857 e. The van der Waals surface area contributed by atoms with Crippen LogP contribution in [-0.2, 0) is 6.42 Å². The summed E-state index contributed by atoms with van der Waals surface area (Å²) in [5.74, 6) is 0. The van der Waals surface area contributed by atoms with Gasteiger partial charge in [-0.25, -0.2) is 0 Å². The predicted octanol–water partition coefficient (Wildman–Crippen LogP) is 5.49. The molecule has 0 amide bonds. The third kappa shape index (κ3) is 3.86. The number of nitrogens with zero attached hydrogens (tertiary/aromatic N) is 2. The van der Waals surface area contributed by atoms with Crippen molar-refractivity contribution in [3.63, 3.8) is 0 Å². The molecule has 0 heterocycles. The van der Waals surface area contributed by atoms with Crippen molar-refractivity contribution in [2.45, 2.75) is 6.42 Å². The Kier molecular flexibility index (Phi) is 4.18. The molecule has 21 heavy (non-hydrogen) atoms. The number of benzene rings is 3. The van der Waals surface area contributed by atoms with E-state index in [1.807, 2.05) is 60.7 Å². The van der Waals surface area contributed by atoms with Crippen molar-refractivity contribution in [2.24, 2.45) is 10.2 Å². The van der Waals surface area contributed by atoms with E-state index in [4.69, 9.17) is 0 Å². The molecule has 0 saturated carbocycles. The molecule has 1 radical (unpaired) electrons. The van der Waals surface area contributed by atoms with Crippen molar-refractivity contribution in [3.8, 4) is 0 Å². The van der Waals surface area contributed by atoms with E-state index in [1.165, 1.54) is 11.1 Å². The topological polar surface area (TPSA) is 24.7 Å². The molecule has 0 bridgehead atoms. The molecule has 0 N–H and O–H groups in total. The van der Waals surface area contributed by atoms with Gasteiger partial charge in [-0.3, -0.25) is 0 Å². The molecule has 2 heteroatoms. The largest absolute Gasteiger partial charge is 0.151 e. The van der Waals surface area contributed by atoms with Crippen LogP contribution in [0.25, 0.3) is 0 Å². The van der Waals surface area contributed by atoms with Gasteiger partial charge < -0.3 is 0 Å². The van der Waals surface area contributed by atoms with Gasteiger partial charge in [0.25, 0.3) is 0 Å². The highest BCUT2D eigenvalue weighted by atomic mass is 15.1. The van der Waals surface area contributed by atoms with Crippen LogP contribution in [0.5, 0.6) is 0 Å². The first-order valence-electron chi connectivity index (χ1n) is 6.91. The van der Waals surface area contributed by atoms with Crippen molar-refractivity contribution >= 4 is 11.4 Å². The Labute approximate surface area is 124 Å². The summed E-state index contributed by atoms with van der Waals surface area (Å²) >= 11 is 0. The fourth-order valence-corrected chi connectivity index (χ4v) is 2.05. The minimum absolute atomic E-state index is 0.861. The molecule has 0 saturated heterocycles. The van der Waals surface area contributed by atoms with Crippen molar-refractivity contribution in [2.75, 3.05) is 0 Å². The summed E-state index contributed by atoms with van der Waals surface area (Å²) in [7, 11) is 0. The molecule has 0 atom stereocenters. The van der Waals surface area contributed by atoms with E-state index < -0.39 is 0 Å². The van der Waals surface area contributed by atoms with Gasteiger partial charge in [-0.15, -0.1) is 0 Å². The highest BCUT2D eigenvalue weighted by Gasteiger charge is 1.96. The molecular weight excluding hydrogens is 256 g/mol. The van der Waals surface area contributed by atoms with E-state index in [9.17, 15) is 0 Å².